The molecular formula is C25H22Cl2N4O. The van der Waals surface area contributed by atoms with Gasteiger partial charge in [-0.1, -0.05) is 35.0 Å². The molecule has 0 spiro atoms. The first-order valence-electron chi connectivity index (χ1n) is 10.5. The van der Waals surface area contributed by atoms with E-state index >= 15 is 0 Å². The van der Waals surface area contributed by atoms with Crippen molar-refractivity contribution in [2.75, 3.05) is 38.2 Å². The summed E-state index contributed by atoms with van der Waals surface area (Å²) in [5, 5.41) is 14.7. The Labute approximate surface area is 197 Å². The monoisotopic (exact) mass is 464 g/mol. The van der Waals surface area contributed by atoms with E-state index in [1.165, 1.54) is 0 Å². The van der Waals surface area contributed by atoms with E-state index in [0.29, 0.717) is 27.0 Å². The molecule has 0 saturated carbocycles. The number of fused-ring (bicyclic) bond motifs is 1. The molecule has 7 heteroatoms. The quantitative estimate of drug-likeness (QED) is 0.392. The lowest BCUT2D eigenvalue weighted by Crippen LogP contribution is -2.36. The summed E-state index contributed by atoms with van der Waals surface area (Å²) in [5.41, 5.74) is 3.43. The van der Waals surface area contributed by atoms with Crippen molar-refractivity contribution < 1.29 is 4.74 Å². The molecule has 0 unspecified atom stereocenters. The molecule has 4 rings (SSSR count). The summed E-state index contributed by atoms with van der Waals surface area (Å²) in [5.74, 6) is 6.50. The van der Waals surface area contributed by atoms with Gasteiger partial charge in [0.2, 0.25) is 0 Å². The van der Waals surface area contributed by atoms with Crippen LogP contribution in [0.2, 0.25) is 10.0 Å². The Kier molecular flexibility index (Phi) is 7.47. The summed E-state index contributed by atoms with van der Waals surface area (Å²) in [6.07, 6.45) is 3.45. The molecule has 1 aromatic heterocycles. The zero-order valence-corrected chi connectivity index (χ0v) is 19.0. The Morgan fingerprint density at radius 3 is 2.75 bits per heavy atom. The summed E-state index contributed by atoms with van der Waals surface area (Å²) in [6.45, 7) is 4.71. The third-order valence-corrected chi connectivity index (χ3v) is 5.84. The minimum atomic E-state index is 0.436. The molecule has 2 heterocycles. The lowest BCUT2D eigenvalue weighted by molar-refractivity contribution is 0.0376. The van der Waals surface area contributed by atoms with Gasteiger partial charge in [-0.25, -0.2) is 0 Å². The van der Waals surface area contributed by atoms with Gasteiger partial charge < -0.3 is 10.1 Å². The van der Waals surface area contributed by atoms with E-state index in [1.54, 1.807) is 24.4 Å². The highest BCUT2D eigenvalue weighted by Gasteiger charge is 2.12. The van der Waals surface area contributed by atoms with Gasteiger partial charge in [-0.15, -0.1) is 0 Å². The fraction of sp³-hybridized carbons (Fsp3) is 0.280. The number of nitrogens with one attached hydrogen (secondary N) is 1. The van der Waals surface area contributed by atoms with Crippen LogP contribution in [0.5, 0.6) is 0 Å². The molecule has 1 saturated heterocycles. The first-order valence-corrected chi connectivity index (χ1v) is 11.2. The highest BCUT2D eigenvalue weighted by molar-refractivity contribution is 6.36. The van der Waals surface area contributed by atoms with E-state index in [0.717, 1.165) is 62.2 Å². The van der Waals surface area contributed by atoms with Gasteiger partial charge >= 0.3 is 0 Å². The van der Waals surface area contributed by atoms with Crippen molar-refractivity contribution in [3.05, 3.63) is 63.8 Å². The van der Waals surface area contributed by atoms with Crippen molar-refractivity contribution >= 4 is 45.5 Å². The van der Waals surface area contributed by atoms with E-state index < -0.39 is 0 Å². The molecular weight excluding hydrogens is 443 g/mol. The summed E-state index contributed by atoms with van der Waals surface area (Å²) >= 11 is 12.3. The average molecular weight is 465 g/mol. The van der Waals surface area contributed by atoms with Gasteiger partial charge in [0.25, 0.3) is 0 Å². The van der Waals surface area contributed by atoms with Crippen LogP contribution in [-0.4, -0.2) is 42.7 Å². The first kappa shape index (κ1) is 22.4. The van der Waals surface area contributed by atoms with Crippen LogP contribution in [0.4, 0.5) is 11.4 Å². The largest absolute Gasteiger partial charge is 0.379 e. The van der Waals surface area contributed by atoms with Gasteiger partial charge in [0, 0.05) is 41.7 Å². The number of pyridine rings is 1. The molecule has 162 valence electrons. The van der Waals surface area contributed by atoms with E-state index in [4.69, 9.17) is 27.9 Å². The molecule has 5 nitrogen and oxygen atoms in total. The Balaban J connectivity index is 1.50. The smallest absolute Gasteiger partial charge is 0.103 e. The topological polar surface area (TPSA) is 61.2 Å². The number of nitriles is 1. The molecule has 32 heavy (non-hydrogen) atoms. The van der Waals surface area contributed by atoms with Crippen LogP contribution in [0, 0.1) is 23.2 Å². The zero-order valence-electron chi connectivity index (χ0n) is 17.5. The van der Waals surface area contributed by atoms with E-state index in [1.807, 2.05) is 18.2 Å². The van der Waals surface area contributed by atoms with E-state index in [2.05, 4.69) is 33.1 Å². The standard InChI is InChI=1S/C25H22Cl2N4O/c26-20-6-8-23(22(27)15-20)30-25-19(16-28)17-29-24-14-18(5-7-21(24)25)4-2-1-3-9-31-10-12-32-13-11-31/h5-8,14-15,17H,1,3,9-13H2,(H,29,30). The predicted molar refractivity (Wildman–Crippen MR) is 130 cm³/mol. The van der Waals surface area contributed by atoms with Gasteiger partial charge in [-0.2, -0.15) is 5.26 Å². The maximum Gasteiger partial charge on any atom is 0.103 e. The zero-order chi connectivity index (χ0) is 22.3. The number of ether oxygens (including phenoxy) is 1. The van der Waals surface area contributed by atoms with Crippen molar-refractivity contribution in [2.24, 2.45) is 0 Å². The number of anilines is 2. The van der Waals surface area contributed by atoms with Crippen LogP contribution in [0.15, 0.2) is 42.6 Å². The molecule has 0 aliphatic carbocycles. The molecule has 3 aromatic rings. The number of morpholine rings is 1. The summed E-state index contributed by atoms with van der Waals surface area (Å²) in [4.78, 5) is 6.87. The van der Waals surface area contributed by atoms with Crippen molar-refractivity contribution in [3.8, 4) is 17.9 Å². The summed E-state index contributed by atoms with van der Waals surface area (Å²) in [6, 6.07) is 13.2. The van der Waals surface area contributed by atoms with Crippen LogP contribution in [0.1, 0.15) is 24.0 Å². The lowest BCUT2D eigenvalue weighted by Gasteiger charge is -2.26. The summed E-state index contributed by atoms with van der Waals surface area (Å²) < 4.78 is 5.38. The number of halogens is 2. The Bertz CT molecular complexity index is 1220. The fourth-order valence-corrected chi connectivity index (χ4v) is 4.05. The SMILES string of the molecule is N#Cc1cnc2cc(C#CCCCN3CCOCC3)ccc2c1Nc1ccc(Cl)cc1Cl. The van der Waals surface area contributed by atoms with Crippen LogP contribution < -0.4 is 5.32 Å². The summed E-state index contributed by atoms with van der Waals surface area (Å²) in [7, 11) is 0. The highest BCUT2D eigenvalue weighted by Crippen LogP contribution is 2.33. The average Bonchev–Trinajstić information content (AvgIpc) is 2.81. The van der Waals surface area contributed by atoms with Gasteiger partial charge in [-0.3, -0.25) is 9.88 Å². The van der Waals surface area contributed by atoms with Crippen LogP contribution in [0.3, 0.4) is 0 Å². The minimum Gasteiger partial charge on any atom is -0.379 e. The van der Waals surface area contributed by atoms with Crippen molar-refractivity contribution in [2.45, 2.75) is 12.8 Å². The third-order valence-electron chi connectivity index (χ3n) is 5.29. The van der Waals surface area contributed by atoms with Gasteiger partial charge in [0.1, 0.15) is 6.07 Å². The number of nitrogens with zero attached hydrogens (tertiary/aromatic N) is 3. The third kappa shape index (κ3) is 5.51. The number of hydrogen-bond acceptors (Lipinski definition) is 5. The molecule has 1 aliphatic rings. The number of benzene rings is 2. The molecule has 1 fully saturated rings. The number of unbranched alkanes of at least 4 members (excludes halogenated alkanes) is 1. The molecule has 0 amide bonds. The van der Waals surface area contributed by atoms with Crippen molar-refractivity contribution in [3.63, 3.8) is 0 Å². The second-order valence-corrected chi connectivity index (χ2v) is 8.34. The van der Waals surface area contributed by atoms with Gasteiger partial charge in [0.15, 0.2) is 0 Å². The Morgan fingerprint density at radius 2 is 1.97 bits per heavy atom. The molecule has 2 aromatic carbocycles. The van der Waals surface area contributed by atoms with Crippen LogP contribution in [0.25, 0.3) is 10.9 Å². The highest BCUT2D eigenvalue weighted by atomic mass is 35.5. The molecule has 0 bridgehead atoms. The van der Waals surface area contributed by atoms with Crippen molar-refractivity contribution in [1.29, 1.82) is 5.26 Å². The Hall–Kier alpha value is -2.80. The van der Waals surface area contributed by atoms with Gasteiger partial charge in [0.05, 0.1) is 40.7 Å². The number of rotatable bonds is 5. The molecule has 0 atom stereocenters. The predicted octanol–water partition coefficient (Wildman–Crippen LogP) is 5.62. The Morgan fingerprint density at radius 1 is 1.12 bits per heavy atom. The van der Waals surface area contributed by atoms with Crippen LogP contribution in [-0.2, 0) is 4.74 Å². The minimum absolute atomic E-state index is 0.436. The fourth-order valence-electron chi connectivity index (χ4n) is 3.60. The second kappa shape index (κ2) is 10.7. The maximum absolute atomic E-state index is 9.57. The molecule has 1 N–H and O–H groups in total. The number of aromatic nitrogens is 1. The second-order valence-electron chi connectivity index (χ2n) is 7.50. The maximum atomic E-state index is 9.57. The van der Waals surface area contributed by atoms with Crippen molar-refractivity contribution in [1.82, 2.24) is 9.88 Å². The van der Waals surface area contributed by atoms with Gasteiger partial charge in [-0.05, 0) is 49.4 Å². The normalized spacial score (nSPS) is 13.9. The van der Waals surface area contributed by atoms with E-state index in [9.17, 15) is 5.26 Å². The van der Waals surface area contributed by atoms with Crippen LogP contribution >= 0.6 is 23.2 Å². The van der Waals surface area contributed by atoms with E-state index in [-0.39, 0.29) is 0 Å². The molecule has 0 radical (unpaired) electrons. The molecule has 1 aliphatic heterocycles. The number of hydrogen-bond donors (Lipinski definition) is 1. The lowest BCUT2D eigenvalue weighted by atomic mass is 10.1. The first-order chi connectivity index (χ1) is 15.6.